The number of benzene rings is 2. The third kappa shape index (κ3) is 17.7. The van der Waals surface area contributed by atoms with Gasteiger partial charge in [0.15, 0.2) is 0 Å². The second-order valence-corrected chi connectivity index (χ2v) is 15.9. The Morgan fingerprint density at radius 3 is 1.04 bits per heavy atom. The molecule has 12 heteroatoms. The van der Waals surface area contributed by atoms with Gasteiger partial charge in [0, 0.05) is 0 Å². The Labute approximate surface area is 281 Å². The van der Waals surface area contributed by atoms with Crippen molar-refractivity contribution in [2.45, 2.75) is 32.2 Å². The van der Waals surface area contributed by atoms with Crippen LogP contribution in [-0.2, 0) is 47.1 Å². The van der Waals surface area contributed by atoms with Crippen LogP contribution >= 0.6 is 0 Å². The Balaban J connectivity index is 1.39. The molecule has 0 saturated carbocycles. The minimum atomic E-state index is -2.54. The van der Waals surface area contributed by atoms with E-state index in [9.17, 15) is 4.79 Å². The van der Waals surface area contributed by atoms with Crippen LogP contribution in [0.25, 0.3) is 0 Å². The topological polar surface area (TPSA) is 120 Å². The predicted molar refractivity (Wildman–Crippen MR) is 182 cm³/mol. The van der Waals surface area contributed by atoms with E-state index in [2.05, 4.69) is 69.3 Å². The quantitative estimate of drug-likeness (QED) is 0.0968. The molecule has 0 spiro atoms. The van der Waals surface area contributed by atoms with Gasteiger partial charge in [-0.05, 0) is 15.4 Å². The maximum absolute atomic E-state index is 10.4. The Kier molecular flexibility index (Phi) is 22.4. The molecule has 0 aliphatic rings. The van der Waals surface area contributed by atoms with E-state index >= 15 is 0 Å². The number of carboxylic acids is 1. The molecule has 47 heavy (non-hydrogen) atoms. The van der Waals surface area contributed by atoms with Gasteiger partial charge in [-0.15, -0.1) is 0 Å². The Morgan fingerprint density at radius 1 is 0.489 bits per heavy atom. The van der Waals surface area contributed by atoms with Crippen LogP contribution in [0.3, 0.4) is 0 Å². The van der Waals surface area contributed by atoms with E-state index in [0.717, 1.165) is 0 Å². The average Bonchev–Trinajstić information content (AvgIpc) is 3.06. The zero-order valence-corrected chi connectivity index (χ0v) is 29.5. The summed E-state index contributed by atoms with van der Waals surface area (Å²) in [6.45, 7) is 14.6. The number of hydrogen-bond donors (Lipinski definition) is 1. The molecule has 0 aliphatic heterocycles. The molecule has 0 bridgehead atoms. The average molecular weight is 681 g/mol. The smallest absolute Gasteiger partial charge is 0.305 e. The molecule has 0 unspecified atom stereocenters. The highest BCUT2D eigenvalue weighted by Gasteiger charge is 2.50. The van der Waals surface area contributed by atoms with Gasteiger partial charge in [0.05, 0.1) is 119 Å². The Hall–Kier alpha value is -2.23. The first kappa shape index (κ1) is 40.9. The normalized spacial score (nSPS) is 12.1. The highest BCUT2D eigenvalue weighted by molar-refractivity contribution is 6.99. The van der Waals surface area contributed by atoms with Crippen LogP contribution < -0.4 is 10.4 Å². The maximum Gasteiger partial charge on any atom is 0.305 e. The Morgan fingerprint density at radius 2 is 0.766 bits per heavy atom. The van der Waals surface area contributed by atoms with Gasteiger partial charge in [-0.1, -0.05) is 81.4 Å². The predicted octanol–water partition coefficient (Wildman–Crippen LogP) is 3.17. The number of ether oxygens (including phenoxy) is 8. The minimum absolute atomic E-state index is 0.000967. The van der Waals surface area contributed by atoms with Crippen LogP contribution in [-0.4, -0.2) is 132 Å². The molecule has 0 aromatic heterocycles. The van der Waals surface area contributed by atoms with Gasteiger partial charge in [-0.3, -0.25) is 4.79 Å². The van der Waals surface area contributed by atoms with Gasteiger partial charge < -0.3 is 47.4 Å². The van der Waals surface area contributed by atoms with Crippen molar-refractivity contribution in [2.24, 2.45) is 0 Å². The lowest BCUT2D eigenvalue weighted by Crippen LogP contribution is -2.66. The fraction of sp³-hybridized carbons (Fsp3) is 0.629. The first-order chi connectivity index (χ1) is 22.9. The summed E-state index contributed by atoms with van der Waals surface area (Å²) in [6, 6.07) is 21.2. The molecule has 0 radical (unpaired) electrons. The SMILES string of the molecule is CC(C)(C)[Si](OCCOCCOCCOCCOCCOCCOCCOCCOCCC(=O)O)(c1ccccc1)c1ccccc1. The van der Waals surface area contributed by atoms with Crippen LogP contribution in [0, 0.1) is 0 Å². The monoisotopic (exact) mass is 680 g/mol. The summed E-state index contributed by atoms with van der Waals surface area (Å²) in [5.74, 6) is -0.872. The van der Waals surface area contributed by atoms with Gasteiger partial charge in [0.25, 0.3) is 8.32 Å². The molecular weight excluding hydrogens is 624 g/mol. The van der Waals surface area contributed by atoms with Crippen LogP contribution in [0.2, 0.25) is 5.04 Å². The largest absolute Gasteiger partial charge is 0.481 e. The van der Waals surface area contributed by atoms with Crippen molar-refractivity contribution in [3.63, 3.8) is 0 Å². The van der Waals surface area contributed by atoms with Gasteiger partial charge in [-0.25, -0.2) is 0 Å². The van der Waals surface area contributed by atoms with Crippen molar-refractivity contribution >= 4 is 24.7 Å². The van der Waals surface area contributed by atoms with Crippen LogP contribution in [0.1, 0.15) is 27.2 Å². The van der Waals surface area contributed by atoms with E-state index in [4.69, 9.17) is 47.4 Å². The summed E-state index contributed by atoms with van der Waals surface area (Å²) in [6.07, 6.45) is -0.000967. The summed E-state index contributed by atoms with van der Waals surface area (Å²) in [5.41, 5.74) is 0. The molecule has 11 nitrogen and oxygen atoms in total. The number of hydrogen-bond acceptors (Lipinski definition) is 10. The zero-order chi connectivity index (χ0) is 33.9. The van der Waals surface area contributed by atoms with E-state index < -0.39 is 14.3 Å². The lowest BCUT2D eigenvalue weighted by molar-refractivity contribution is -0.138. The summed E-state index contributed by atoms with van der Waals surface area (Å²) in [5, 5.41) is 11.0. The van der Waals surface area contributed by atoms with E-state index in [1.165, 1.54) is 10.4 Å². The molecule has 1 N–H and O–H groups in total. The van der Waals surface area contributed by atoms with Gasteiger partial charge >= 0.3 is 5.97 Å². The third-order valence-corrected chi connectivity index (χ3v) is 12.1. The van der Waals surface area contributed by atoms with E-state index in [1.54, 1.807) is 0 Å². The maximum atomic E-state index is 10.4. The zero-order valence-electron chi connectivity index (χ0n) is 28.5. The molecule has 2 aromatic carbocycles. The summed E-state index contributed by atoms with van der Waals surface area (Å²) in [7, 11) is -2.54. The van der Waals surface area contributed by atoms with Crippen LogP contribution in [0.5, 0.6) is 0 Å². The van der Waals surface area contributed by atoms with Gasteiger partial charge in [-0.2, -0.15) is 0 Å². The summed E-state index contributed by atoms with van der Waals surface area (Å²) in [4.78, 5) is 10.4. The fourth-order valence-electron chi connectivity index (χ4n) is 4.82. The van der Waals surface area contributed by atoms with E-state index in [1.807, 2.05) is 12.1 Å². The number of aliphatic carboxylic acids is 1. The molecule has 0 amide bonds. The first-order valence-electron chi connectivity index (χ1n) is 16.5. The highest BCUT2D eigenvalue weighted by atomic mass is 28.4. The van der Waals surface area contributed by atoms with E-state index in [-0.39, 0.29) is 18.1 Å². The molecule has 0 heterocycles. The minimum Gasteiger partial charge on any atom is -0.481 e. The molecule has 2 rings (SSSR count). The van der Waals surface area contributed by atoms with Crippen molar-refractivity contribution in [2.75, 3.05) is 112 Å². The van der Waals surface area contributed by atoms with Gasteiger partial charge in [0.2, 0.25) is 0 Å². The molecule has 266 valence electrons. The Bertz CT molecular complexity index is 982. The van der Waals surface area contributed by atoms with Crippen LogP contribution in [0.15, 0.2) is 60.7 Å². The third-order valence-electron chi connectivity index (χ3n) is 7.03. The second-order valence-electron chi connectivity index (χ2n) is 11.6. The van der Waals surface area contributed by atoms with E-state index in [0.29, 0.717) is 106 Å². The molecule has 2 aromatic rings. The van der Waals surface area contributed by atoms with Crippen molar-refractivity contribution in [3.05, 3.63) is 60.7 Å². The van der Waals surface area contributed by atoms with Gasteiger partial charge in [0.1, 0.15) is 0 Å². The molecule has 0 aliphatic carbocycles. The molecule has 0 atom stereocenters. The summed E-state index contributed by atoms with van der Waals surface area (Å²) < 4.78 is 50.7. The molecular formula is C35H56O11Si. The van der Waals surface area contributed by atoms with Crippen molar-refractivity contribution in [3.8, 4) is 0 Å². The molecule has 0 saturated heterocycles. The highest BCUT2D eigenvalue weighted by Crippen LogP contribution is 2.36. The fourth-order valence-corrected chi connectivity index (χ4v) is 9.36. The van der Waals surface area contributed by atoms with Crippen molar-refractivity contribution in [1.29, 1.82) is 0 Å². The van der Waals surface area contributed by atoms with Crippen LogP contribution in [0.4, 0.5) is 0 Å². The van der Waals surface area contributed by atoms with Crippen molar-refractivity contribution < 1.29 is 52.2 Å². The number of carboxylic acid groups (broad SMARTS) is 1. The number of carbonyl (C=O) groups is 1. The lowest BCUT2D eigenvalue weighted by atomic mass is 10.2. The standard InChI is InChI=1S/C35H56O11Si/c1-35(2,3)47(32-10-6-4-7-11-32,33-12-8-5-9-13-33)46-31-30-45-29-28-44-27-26-43-25-24-42-23-22-41-21-20-40-19-18-39-17-16-38-15-14-34(36)37/h4-13H,14-31H2,1-3H3,(H,36,37). The first-order valence-corrected chi connectivity index (χ1v) is 18.4. The van der Waals surface area contributed by atoms with Crippen molar-refractivity contribution in [1.82, 2.24) is 0 Å². The second kappa shape index (κ2) is 25.7. The summed E-state index contributed by atoms with van der Waals surface area (Å²) >= 11 is 0. The molecule has 0 fully saturated rings. The number of rotatable bonds is 30. The lowest BCUT2D eigenvalue weighted by Gasteiger charge is -2.43.